The molecule has 0 radical (unpaired) electrons. The molecule has 19 heavy (non-hydrogen) atoms. The third-order valence-electron chi connectivity index (χ3n) is 2.58. The van der Waals surface area contributed by atoms with Gasteiger partial charge >= 0.3 is 0 Å². The maximum Gasteiger partial charge on any atom is 0.143 e. The summed E-state index contributed by atoms with van der Waals surface area (Å²) in [5.74, 6) is 0.178. The molecule has 0 saturated carbocycles. The number of carbonyl (C=O) groups is 1. The van der Waals surface area contributed by atoms with Gasteiger partial charge in [-0.15, -0.1) is 0 Å². The summed E-state index contributed by atoms with van der Waals surface area (Å²) in [6, 6.07) is 19.0. The zero-order chi connectivity index (χ0) is 14.1. The molecule has 0 atom stereocenters. The minimum Gasteiger partial charge on any atom is -0.313 e. The molecule has 100 valence electrons. The largest absolute Gasteiger partial charge is 0.313 e. The molecule has 2 rings (SSSR count). The fourth-order valence-electron chi connectivity index (χ4n) is 1.63. The van der Waals surface area contributed by atoms with Crippen molar-refractivity contribution < 1.29 is 4.79 Å². The van der Waals surface area contributed by atoms with Crippen molar-refractivity contribution in [3.8, 4) is 11.1 Å². The molecule has 0 heterocycles. The maximum atomic E-state index is 9.98. The molecule has 2 aromatic rings. The summed E-state index contributed by atoms with van der Waals surface area (Å²) < 4.78 is 0. The van der Waals surface area contributed by atoms with Crippen molar-refractivity contribution in [2.24, 2.45) is 0 Å². The monoisotopic (exact) mass is 255 g/mol. The standard InChI is InChI=1S/C13H12.C4H9NO/c1-11-7-9-13(10-8-11)12-5-3-2-4-6-12;1-4(6)3-5-2/h2-10H,1H3;5H,3H2,1-2H3. The highest BCUT2D eigenvalue weighted by atomic mass is 16.1. The fourth-order valence-corrected chi connectivity index (χ4v) is 1.63. The van der Waals surface area contributed by atoms with Crippen LogP contribution in [0.25, 0.3) is 11.1 Å². The van der Waals surface area contributed by atoms with E-state index in [0.717, 1.165) is 0 Å². The van der Waals surface area contributed by atoms with Crippen LogP contribution in [-0.2, 0) is 4.79 Å². The third kappa shape index (κ3) is 5.98. The van der Waals surface area contributed by atoms with Gasteiger partial charge in [0.25, 0.3) is 0 Å². The minimum atomic E-state index is 0.178. The lowest BCUT2D eigenvalue weighted by atomic mass is 10.0. The molecule has 0 bridgehead atoms. The molecular formula is C17H21NO. The zero-order valence-electron chi connectivity index (χ0n) is 11.8. The van der Waals surface area contributed by atoms with Gasteiger partial charge in [-0.2, -0.15) is 0 Å². The molecule has 0 aliphatic rings. The van der Waals surface area contributed by atoms with Gasteiger partial charge in [0.2, 0.25) is 0 Å². The van der Waals surface area contributed by atoms with E-state index in [4.69, 9.17) is 0 Å². The van der Waals surface area contributed by atoms with Crippen LogP contribution < -0.4 is 5.32 Å². The predicted molar refractivity (Wildman–Crippen MR) is 81.2 cm³/mol. The summed E-state index contributed by atoms with van der Waals surface area (Å²) in [4.78, 5) is 9.98. The number of ketones is 1. The summed E-state index contributed by atoms with van der Waals surface area (Å²) in [7, 11) is 1.75. The van der Waals surface area contributed by atoms with E-state index in [-0.39, 0.29) is 5.78 Å². The van der Waals surface area contributed by atoms with Crippen LogP contribution in [-0.4, -0.2) is 19.4 Å². The van der Waals surface area contributed by atoms with Gasteiger partial charge in [-0.3, -0.25) is 4.79 Å². The van der Waals surface area contributed by atoms with Gasteiger partial charge in [0.1, 0.15) is 5.78 Å². The lowest BCUT2D eigenvalue weighted by Crippen LogP contribution is -2.14. The topological polar surface area (TPSA) is 29.1 Å². The Bertz CT molecular complexity index is 488. The second-order valence-corrected chi connectivity index (χ2v) is 4.46. The Kier molecular flexibility index (Phi) is 6.55. The molecule has 0 fully saturated rings. The number of likely N-dealkylation sites (N-methyl/N-ethyl adjacent to an activating group) is 1. The summed E-state index contributed by atoms with van der Waals surface area (Å²) in [6.45, 7) is 4.14. The highest BCUT2D eigenvalue weighted by Crippen LogP contribution is 2.18. The number of aryl methyl sites for hydroxylation is 1. The van der Waals surface area contributed by atoms with Crippen LogP contribution in [0.1, 0.15) is 12.5 Å². The number of carbonyl (C=O) groups excluding carboxylic acids is 1. The molecule has 1 N–H and O–H groups in total. The molecule has 0 spiro atoms. The Morgan fingerprint density at radius 1 is 0.947 bits per heavy atom. The van der Waals surface area contributed by atoms with Crippen molar-refractivity contribution in [3.63, 3.8) is 0 Å². The van der Waals surface area contributed by atoms with Crippen LogP contribution in [0.3, 0.4) is 0 Å². The minimum absolute atomic E-state index is 0.178. The van der Waals surface area contributed by atoms with Crippen LogP contribution in [0, 0.1) is 6.92 Å². The van der Waals surface area contributed by atoms with E-state index in [1.165, 1.54) is 16.7 Å². The fraction of sp³-hybridized carbons (Fsp3) is 0.235. The lowest BCUT2D eigenvalue weighted by molar-refractivity contribution is -0.116. The number of Topliss-reactive ketones (excluding diaryl/α,β-unsaturated/α-hetero) is 1. The molecule has 0 aliphatic carbocycles. The van der Waals surface area contributed by atoms with Crippen molar-refractivity contribution in [1.82, 2.24) is 5.32 Å². The molecule has 2 aromatic carbocycles. The van der Waals surface area contributed by atoms with Gasteiger partial charge in [0.15, 0.2) is 0 Å². The van der Waals surface area contributed by atoms with E-state index in [2.05, 4.69) is 60.8 Å². The first kappa shape index (κ1) is 15.1. The zero-order valence-corrected chi connectivity index (χ0v) is 11.8. The Labute approximate surface area is 115 Å². The van der Waals surface area contributed by atoms with E-state index in [0.29, 0.717) is 6.54 Å². The van der Waals surface area contributed by atoms with Gasteiger partial charge in [-0.1, -0.05) is 60.2 Å². The molecule has 0 saturated heterocycles. The molecular weight excluding hydrogens is 234 g/mol. The number of hydrogen-bond donors (Lipinski definition) is 1. The summed E-state index contributed by atoms with van der Waals surface area (Å²) in [5.41, 5.74) is 3.87. The van der Waals surface area contributed by atoms with Crippen molar-refractivity contribution >= 4 is 5.78 Å². The van der Waals surface area contributed by atoms with Gasteiger partial charge in [0.05, 0.1) is 6.54 Å². The highest BCUT2D eigenvalue weighted by Gasteiger charge is 1.93. The highest BCUT2D eigenvalue weighted by molar-refractivity contribution is 5.77. The molecule has 0 amide bonds. The van der Waals surface area contributed by atoms with Crippen LogP contribution >= 0.6 is 0 Å². The summed E-state index contributed by atoms with van der Waals surface area (Å²) >= 11 is 0. The summed E-state index contributed by atoms with van der Waals surface area (Å²) in [5, 5.41) is 2.72. The predicted octanol–water partition coefficient (Wildman–Crippen LogP) is 3.46. The Hall–Kier alpha value is -1.93. The van der Waals surface area contributed by atoms with Gasteiger partial charge < -0.3 is 5.32 Å². The van der Waals surface area contributed by atoms with Crippen molar-refractivity contribution in [2.75, 3.05) is 13.6 Å². The van der Waals surface area contributed by atoms with E-state index >= 15 is 0 Å². The van der Waals surface area contributed by atoms with Crippen LogP contribution in [0.2, 0.25) is 0 Å². The van der Waals surface area contributed by atoms with Crippen LogP contribution in [0.4, 0.5) is 0 Å². The number of rotatable bonds is 3. The maximum absolute atomic E-state index is 9.98. The first-order valence-electron chi connectivity index (χ1n) is 6.39. The molecule has 0 aliphatic heterocycles. The average Bonchev–Trinajstić information content (AvgIpc) is 2.41. The van der Waals surface area contributed by atoms with Gasteiger partial charge in [-0.05, 0) is 32.0 Å². The molecule has 2 heteroatoms. The average molecular weight is 255 g/mol. The first-order chi connectivity index (χ1) is 9.13. The summed E-state index contributed by atoms with van der Waals surface area (Å²) in [6.07, 6.45) is 0. The number of nitrogens with one attached hydrogen (secondary N) is 1. The number of benzene rings is 2. The second kappa shape index (κ2) is 8.22. The normalized spacial score (nSPS) is 9.42. The quantitative estimate of drug-likeness (QED) is 0.910. The second-order valence-electron chi connectivity index (χ2n) is 4.46. The van der Waals surface area contributed by atoms with E-state index < -0.39 is 0 Å². The third-order valence-corrected chi connectivity index (χ3v) is 2.58. The number of hydrogen-bond acceptors (Lipinski definition) is 2. The van der Waals surface area contributed by atoms with Crippen molar-refractivity contribution in [3.05, 3.63) is 60.2 Å². The van der Waals surface area contributed by atoms with Crippen LogP contribution in [0.15, 0.2) is 54.6 Å². The van der Waals surface area contributed by atoms with Crippen LogP contribution in [0.5, 0.6) is 0 Å². The Morgan fingerprint density at radius 2 is 1.47 bits per heavy atom. The van der Waals surface area contributed by atoms with Gasteiger partial charge in [0, 0.05) is 0 Å². The van der Waals surface area contributed by atoms with E-state index in [1.54, 1.807) is 14.0 Å². The van der Waals surface area contributed by atoms with Gasteiger partial charge in [-0.25, -0.2) is 0 Å². The molecule has 0 aromatic heterocycles. The SMILES string of the molecule is CNCC(C)=O.Cc1ccc(-c2ccccc2)cc1. The Morgan fingerprint density at radius 3 is 1.89 bits per heavy atom. The first-order valence-corrected chi connectivity index (χ1v) is 6.39. The van der Waals surface area contributed by atoms with Crippen molar-refractivity contribution in [2.45, 2.75) is 13.8 Å². The van der Waals surface area contributed by atoms with Crippen molar-refractivity contribution in [1.29, 1.82) is 0 Å². The molecule has 0 unspecified atom stereocenters. The molecule has 2 nitrogen and oxygen atoms in total. The van der Waals surface area contributed by atoms with E-state index in [1.807, 2.05) is 6.07 Å². The van der Waals surface area contributed by atoms with E-state index in [9.17, 15) is 4.79 Å². The smallest absolute Gasteiger partial charge is 0.143 e. The lowest BCUT2D eigenvalue weighted by Gasteiger charge is -2.00. The Balaban J connectivity index is 0.000000258.